The molecule has 110 valence electrons. The topological polar surface area (TPSA) is 61.4 Å². The first-order chi connectivity index (χ1) is 9.40. The highest BCUT2D eigenvalue weighted by molar-refractivity contribution is 6.42. The van der Waals surface area contributed by atoms with Crippen LogP contribution in [-0.2, 0) is 9.59 Å². The zero-order chi connectivity index (χ0) is 15.1. The Morgan fingerprint density at radius 1 is 1.15 bits per heavy atom. The molecule has 0 fully saturated rings. The van der Waals surface area contributed by atoms with E-state index >= 15 is 0 Å². The molecule has 0 aliphatic carbocycles. The lowest BCUT2D eigenvalue weighted by atomic mass is 10.3. The van der Waals surface area contributed by atoms with Gasteiger partial charge in [-0.25, -0.2) is 0 Å². The van der Waals surface area contributed by atoms with E-state index in [0.717, 1.165) is 13.0 Å². The molecule has 0 radical (unpaired) electrons. The van der Waals surface area contributed by atoms with Gasteiger partial charge in [0.25, 0.3) is 0 Å². The van der Waals surface area contributed by atoms with Crippen molar-refractivity contribution in [3.8, 4) is 0 Å². The molecule has 1 rings (SSSR count). The molecule has 0 saturated carbocycles. The summed E-state index contributed by atoms with van der Waals surface area (Å²) in [4.78, 5) is 25.2. The molecule has 0 aliphatic heterocycles. The number of nitrogens with zero attached hydrogens (tertiary/aromatic N) is 1. The molecule has 0 heterocycles. The van der Waals surface area contributed by atoms with Crippen molar-refractivity contribution in [3.63, 3.8) is 0 Å². The van der Waals surface area contributed by atoms with Crippen LogP contribution in [0.25, 0.3) is 0 Å². The number of benzene rings is 1. The van der Waals surface area contributed by atoms with Crippen LogP contribution in [-0.4, -0.2) is 43.9 Å². The number of anilines is 1. The van der Waals surface area contributed by atoms with Crippen molar-refractivity contribution >= 4 is 40.7 Å². The maximum absolute atomic E-state index is 11.6. The number of halogens is 2. The van der Waals surface area contributed by atoms with E-state index in [1.165, 1.54) is 6.07 Å². The van der Waals surface area contributed by atoms with Crippen LogP contribution in [0.15, 0.2) is 18.2 Å². The van der Waals surface area contributed by atoms with Crippen molar-refractivity contribution in [1.82, 2.24) is 10.2 Å². The van der Waals surface area contributed by atoms with Crippen LogP contribution in [0.3, 0.4) is 0 Å². The lowest BCUT2D eigenvalue weighted by Crippen LogP contribution is -2.36. The molecule has 1 aromatic carbocycles. The summed E-state index contributed by atoms with van der Waals surface area (Å²) in [5.74, 6) is -1.40. The molecule has 0 unspecified atom stereocenters. The van der Waals surface area contributed by atoms with Crippen LogP contribution < -0.4 is 10.6 Å². The smallest absolute Gasteiger partial charge is 0.313 e. The first-order valence-corrected chi connectivity index (χ1v) is 6.84. The van der Waals surface area contributed by atoms with Crippen molar-refractivity contribution in [2.24, 2.45) is 0 Å². The molecule has 20 heavy (non-hydrogen) atoms. The van der Waals surface area contributed by atoms with E-state index < -0.39 is 11.8 Å². The highest BCUT2D eigenvalue weighted by Crippen LogP contribution is 2.24. The van der Waals surface area contributed by atoms with Gasteiger partial charge in [-0.3, -0.25) is 9.59 Å². The molecular formula is C13H17Cl2N3O2. The highest BCUT2D eigenvalue weighted by atomic mass is 35.5. The van der Waals surface area contributed by atoms with Crippen molar-refractivity contribution in [2.75, 3.05) is 32.5 Å². The standard InChI is InChI=1S/C13H17Cl2N3O2/c1-18(2)7-3-6-16-12(19)13(20)17-9-4-5-10(14)11(15)8-9/h4-5,8H,3,6-7H2,1-2H3,(H,16,19)(H,17,20). The molecule has 7 heteroatoms. The molecule has 5 nitrogen and oxygen atoms in total. The minimum atomic E-state index is -0.728. The van der Waals surface area contributed by atoms with Gasteiger partial charge in [0.05, 0.1) is 10.0 Å². The predicted octanol–water partition coefficient (Wildman–Crippen LogP) is 2.00. The largest absolute Gasteiger partial charge is 0.348 e. The first kappa shape index (κ1) is 16.8. The third kappa shape index (κ3) is 5.77. The second-order valence-corrected chi connectivity index (χ2v) is 5.31. The van der Waals surface area contributed by atoms with E-state index in [-0.39, 0.29) is 0 Å². The minimum Gasteiger partial charge on any atom is -0.348 e. The fraction of sp³-hybridized carbons (Fsp3) is 0.385. The Labute approximate surface area is 128 Å². The molecule has 0 aliphatic rings. The summed E-state index contributed by atoms with van der Waals surface area (Å²) in [5.41, 5.74) is 0.424. The number of rotatable bonds is 5. The highest BCUT2D eigenvalue weighted by Gasteiger charge is 2.13. The Kier molecular flexibility index (Phi) is 6.78. The third-order valence-corrected chi connectivity index (χ3v) is 3.19. The van der Waals surface area contributed by atoms with Crippen molar-refractivity contribution in [3.05, 3.63) is 28.2 Å². The van der Waals surface area contributed by atoms with Crippen molar-refractivity contribution in [1.29, 1.82) is 0 Å². The molecule has 2 N–H and O–H groups in total. The average molecular weight is 318 g/mol. The molecule has 1 aromatic rings. The molecule has 2 amide bonds. The Bertz CT molecular complexity index is 493. The van der Waals surface area contributed by atoms with Gasteiger partial charge in [0.15, 0.2) is 0 Å². The Balaban J connectivity index is 2.41. The fourth-order valence-electron chi connectivity index (χ4n) is 1.44. The van der Waals surface area contributed by atoms with E-state index in [2.05, 4.69) is 10.6 Å². The van der Waals surface area contributed by atoms with Gasteiger partial charge in [0, 0.05) is 12.2 Å². The lowest BCUT2D eigenvalue weighted by Gasteiger charge is -2.10. The van der Waals surface area contributed by atoms with Gasteiger partial charge in [-0.15, -0.1) is 0 Å². The van der Waals surface area contributed by atoms with E-state index in [1.54, 1.807) is 12.1 Å². The molecule has 0 bridgehead atoms. The number of carbonyl (C=O) groups is 2. The second-order valence-electron chi connectivity index (χ2n) is 4.50. The molecule has 0 spiro atoms. The second kappa shape index (κ2) is 8.09. The summed E-state index contributed by atoms with van der Waals surface area (Å²) in [7, 11) is 3.89. The Morgan fingerprint density at radius 2 is 1.85 bits per heavy atom. The molecular weight excluding hydrogens is 301 g/mol. The zero-order valence-electron chi connectivity index (χ0n) is 11.4. The summed E-state index contributed by atoms with van der Waals surface area (Å²) >= 11 is 11.6. The van der Waals surface area contributed by atoms with Crippen LogP contribution in [0.1, 0.15) is 6.42 Å². The minimum absolute atomic E-state index is 0.316. The summed E-state index contributed by atoms with van der Waals surface area (Å²) in [6.45, 7) is 1.29. The van der Waals surface area contributed by atoms with E-state index in [9.17, 15) is 9.59 Å². The SMILES string of the molecule is CN(C)CCCNC(=O)C(=O)Nc1ccc(Cl)c(Cl)c1. The number of hydrogen-bond donors (Lipinski definition) is 2. The molecule has 0 aromatic heterocycles. The van der Waals surface area contributed by atoms with Crippen LogP contribution >= 0.6 is 23.2 Å². The monoisotopic (exact) mass is 317 g/mol. The van der Waals surface area contributed by atoms with Crippen LogP contribution in [0.4, 0.5) is 5.69 Å². The van der Waals surface area contributed by atoms with Crippen molar-refractivity contribution in [2.45, 2.75) is 6.42 Å². The van der Waals surface area contributed by atoms with Gasteiger partial charge in [-0.1, -0.05) is 23.2 Å². The van der Waals surface area contributed by atoms with Gasteiger partial charge in [-0.05, 0) is 45.3 Å². The molecule has 0 saturated heterocycles. The Morgan fingerprint density at radius 3 is 2.45 bits per heavy atom. The number of nitrogens with one attached hydrogen (secondary N) is 2. The quantitative estimate of drug-likeness (QED) is 0.645. The van der Waals surface area contributed by atoms with Gasteiger partial charge >= 0.3 is 11.8 Å². The summed E-state index contributed by atoms with van der Waals surface area (Å²) in [6.07, 6.45) is 0.777. The van der Waals surface area contributed by atoms with Gasteiger partial charge < -0.3 is 15.5 Å². The maximum Gasteiger partial charge on any atom is 0.313 e. The number of amides is 2. The number of hydrogen-bond acceptors (Lipinski definition) is 3. The zero-order valence-corrected chi connectivity index (χ0v) is 12.9. The lowest BCUT2D eigenvalue weighted by molar-refractivity contribution is -0.136. The first-order valence-electron chi connectivity index (χ1n) is 6.09. The normalized spacial score (nSPS) is 10.4. The fourth-order valence-corrected chi connectivity index (χ4v) is 1.74. The average Bonchev–Trinajstić information content (AvgIpc) is 2.38. The van der Waals surface area contributed by atoms with E-state index in [4.69, 9.17) is 23.2 Å². The summed E-state index contributed by atoms with van der Waals surface area (Å²) in [6, 6.07) is 4.61. The van der Waals surface area contributed by atoms with Gasteiger partial charge in [0.1, 0.15) is 0 Å². The number of carbonyl (C=O) groups excluding carboxylic acids is 2. The molecule has 0 atom stereocenters. The third-order valence-electron chi connectivity index (χ3n) is 2.45. The Hall–Kier alpha value is -1.30. The summed E-state index contributed by atoms with van der Waals surface area (Å²) in [5, 5.41) is 5.70. The van der Waals surface area contributed by atoms with Crippen LogP contribution in [0, 0.1) is 0 Å². The maximum atomic E-state index is 11.6. The van der Waals surface area contributed by atoms with Gasteiger partial charge in [-0.2, -0.15) is 0 Å². The van der Waals surface area contributed by atoms with E-state index in [1.807, 2.05) is 19.0 Å². The summed E-state index contributed by atoms with van der Waals surface area (Å²) < 4.78 is 0. The van der Waals surface area contributed by atoms with Crippen molar-refractivity contribution < 1.29 is 9.59 Å². The van der Waals surface area contributed by atoms with Gasteiger partial charge in [0.2, 0.25) is 0 Å². The predicted molar refractivity (Wildman–Crippen MR) is 81.3 cm³/mol. The van der Waals surface area contributed by atoms with E-state index in [0.29, 0.717) is 22.3 Å². The van der Waals surface area contributed by atoms with Crippen LogP contribution in [0.2, 0.25) is 10.0 Å². The van der Waals surface area contributed by atoms with Crippen LogP contribution in [0.5, 0.6) is 0 Å².